The lowest BCUT2D eigenvalue weighted by Crippen LogP contribution is -2.27. The molecule has 0 bridgehead atoms. The molecule has 1 aromatic carbocycles. The minimum atomic E-state index is -0.742. The average Bonchev–Trinajstić information content (AvgIpc) is 2.70. The Morgan fingerprint density at radius 1 is 1.50 bits per heavy atom. The van der Waals surface area contributed by atoms with E-state index in [2.05, 4.69) is 35.5 Å². The molecule has 18 heavy (non-hydrogen) atoms. The molecule has 1 aromatic rings. The Labute approximate surface area is 112 Å². The molecular formula is C14H22N2OS. The molecule has 3 nitrogen and oxygen atoms in total. The second-order valence-electron chi connectivity index (χ2n) is 5.07. The van der Waals surface area contributed by atoms with Gasteiger partial charge in [-0.15, -0.1) is 0 Å². The van der Waals surface area contributed by atoms with Gasteiger partial charge in [0.15, 0.2) is 0 Å². The summed E-state index contributed by atoms with van der Waals surface area (Å²) in [5, 5.41) is 3.59. The second kappa shape index (κ2) is 5.85. The van der Waals surface area contributed by atoms with E-state index in [0.717, 1.165) is 26.1 Å². The van der Waals surface area contributed by atoms with Crippen molar-refractivity contribution in [2.45, 2.75) is 25.1 Å². The van der Waals surface area contributed by atoms with E-state index >= 15 is 0 Å². The maximum absolute atomic E-state index is 11.2. The van der Waals surface area contributed by atoms with Crippen LogP contribution in [0.5, 0.6) is 0 Å². The van der Waals surface area contributed by atoms with Crippen molar-refractivity contribution in [1.82, 2.24) is 5.32 Å². The molecule has 0 saturated carbocycles. The summed E-state index contributed by atoms with van der Waals surface area (Å²) in [5.41, 5.74) is 4.13. The summed E-state index contributed by atoms with van der Waals surface area (Å²) in [7, 11) is 1.40. The van der Waals surface area contributed by atoms with Crippen LogP contribution in [0.15, 0.2) is 18.2 Å². The van der Waals surface area contributed by atoms with Crippen molar-refractivity contribution in [2.75, 3.05) is 31.3 Å². The Kier molecular flexibility index (Phi) is 4.40. The van der Waals surface area contributed by atoms with Crippen molar-refractivity contribution in [3.05, 3.63) is 29.3 Å². The predicted molar refractivity (Wildman–Crippen MR) is 78.7 cm³/mol. The van der Waals surface area contributed by atoms with Crippen LogP contribution in [-0.4, -0.2) is 35.9 Å². The minimum Gasteiger partial charge on any atom is -0.374 e. The highest BCUT2D eigenvalue weighted by molar-refractivity contribution is 7.84. The molecule has 0 amide bonds. The van der Waals surface area contributed by atoms with Gasteiger partial charge in [-0.3, -0.25) is 4.21 Å². The van der Waals surface area contributed by atoms with Gasteiger partial charge < -0.3 is 10.2 Å². The van der Waals surface area contributed by atoms with Gasteiger partial charge in [0.2, 0.25) is 0 Å². The Morgan fingerprint density at radius 3 is 3.00 bits per heavy atom. The van der Waals surface area contributed by atoms with E-state index in [1.807, 2.05) is 6.92 Å². The van der Waals surface area contributed by atoms with Crippen LogP contribution in [0.2, 0.25) is 0 Å². The number of nitrogens with zero attached hydrogens (tertiary/aromatic N) is 1. The standard InChI is InChI=1S/C14H22N2OS/c1-11(18(3)17)9-15-10-12-4-5-14-13(8-12)6-7-16(14)2/h4-5,8,11,15H,6-7,9-10H2,1-3H3. The van der Waals surface area contributed by atoms with Gasteiger partial charge in [-0.2, -0.15) is 0 Å². The number of benzene rings is 1. The monoisotopic (exact) mass is 266 g/mol. The lowest BCUT2D eigenvalue weighted by molar-refractivity contribution is 0.647. The molecule has 0 aromatic heterocycles. The number of nitrogens with one attached hydrogen (secondary N) is 1. The molecule has 0 radical (unpaired) electrons. The van der Waals surface area contributed by atoms with Crippen molar-refractivity contribution < 1.29 is 4.21 Å². The molecule has 2 atom stereocenters. The Bertz CT molecular complexity index is 447. The van der Waals surface area contributed by atoms with E-state index < -0.39 is 10.8 Å². The minimum absolute atomic E-state index is 0.213. The fourth-order valence-electron chi connectivity index (χ4n) is 2.27. The first-order valence-electron chi connectivity index (χ1n) is 6.44. The van der Waals surface area contributed by atoms with Crippen LogP contribution in [0.25, 0.3) is 0 Å². The number of fused-ring (bicyclic) bond motifs is 1. The van der Waals surface area contributed by atoms with Crippen LogP contribution in [0.1, 0.15) is 18.1 Å². The van der Waals surface area contributed by atoms with E-state index in [4.69, 9.17) is 0 Å². The first kappa shape index (κ1) is 13.6. The zero-order chi connectivity index (χ0) is 13.1. The van der Waals surface area contributed by atoms with Gasteiger partial charge in [0.25, 0.3) is 0 Å². The van der Waals surface area contributed by atoms with Gasteiger partial charge in [-0.1, -0.05) is 12.1 Å². The molecule has 0 fully saturated rings. The molecule has 1 N–H and O–H groups in total. The summed E-state index contributed by atoms with van der Waals surface area (Å²) in [6.45, 7) is 4.80. The van der Waals surface area contributed by atoms with Crippen LogP contribution < -0.4 is 10.2 Å². The number of hydrogen-bond acceptors (Lipinski definition) is 3. The first-order chi connectivity index (χ1) is 8.58. The van der Waals surface area contributed by atoms with Gasteiger partial charge in [-0.25, -0.2) is 0 Å². The summed E-state index contributed by atoms with van der Waals surface area (Å²) in [6.07, 6.45) is 2.91. The van der Waals surface area contributed by atoms with Gasteiger partial charge >= 0.3 is 0 Å². The van der Waals surface area contributed by atoms with Gasteiger partial charge in [-0.05, 0) is 30.5 Å². The normalized spacial score (nSPS) is 17.6. The Morgan fingerprint density at radius 2 is 2.28 bits per heavy atom. The Balaban J connectivity index is 1.89. The smallest absolute Gasteiger partial charge is 0.0441 e. The molecule has 0 aliphatic carbocycles. The molecule has 0 saturated heterocycles. The molecule has 4 heteroatoms. The third kappa shape index (κ3) is 3.12. The molecule has 1 heterocycles. The maximum Gasteiger partial charge on any atom is 0.0441 e. The molecular weight excluding hydrogens is 244 g/mol. The van der Waals surface area contributed by atoms with Crippen LogP contribution in [0.4, 0.5) is 5.69 Å². The fourth-order valence-corrected chi connectivity index (χ4v) is 2.62. The van der Waals surface area contributed by atoms with E-state index in [0.29, 0.717) is 0 Å². The lowest BCUT2D eigenvalue weighted by atomic mass is 10.1. The van der Waals surface area contributed by atoms with Crippen molar-refractivity contribution >= 4 is 16.5 Å². The summed E-state index contributed by atoms with van der Waals surface area (Å²) < 4.78 is 11.2. The Hall–Kier alpha value is -0.870. The number of hydrogen-bond donors (Lipinski definition) is 1. The summed E-state index contributed by atoms with van der Waals surface area (Å²) in [5.74, 6) is 0. The molecule has 2 rings (SSSR count). The number of rotatable bonds is 5. The number of likely N-dealkylation sites (N-methyl/N-ethyl adjacent to an activating group) is 1. The average molecular weight is 266 g/mol. The summed E-state index contributed by atoms with van der Waals surface area (Å²) in [6, 6.07) is 6.68. The topological polar surface area (TPSA) is 32.3 Å². The van der Waals surface area contributed by atoms with Crippen molar-refractivity contribution in [3.8, 4) is 0 Å². The lowest BCUT2D eigenvalue weighted by Gasteiger charge is -2.13. The zero-order valence-corrected chi connectivity index (χ0v) is 12.2. The van der Waals surface area contributed by atoms with Crippen LogP contribution in [-0.2, 0) is 23.8 Å². The molecule has 1 aliphatic heterocycles. The third-order valence-corrected chi connectivity index (χ3v) is 4.90. The third-order valence-electron chi connectivity index (χ3n) is 3.60. The van der Waals surface area contributed by atoms with E-state index in [1.165, 1.54) is 16.8 Å². The van der Waals surface area contributed by atoms with Crippen molar-refractivity contribution in [3.63, 3.8) is 0 Å². The van der Waals surface area contributed by atoms with Crippen molar-refractivity contribution in [1.29, 1.82) is 0 Å². The van der Waals surface area contributed by atoms with Gasteiger partial charge in [0.05, 0.1) is 0 Å². The number of anilines is 1. The zero-order valence-electron chi connectivity index (χ0n) is 11.4. The summed E-state index contributed by atoms with van der Waals surface area (Å²) in [4.78, 5) is 2.30. The van der Waals surface area contributed by atoms with E-state index in [9.17, 15) is 4.21 Å². The molecule has 2 unspecified atom stereocenters. The summed E-state index contributed by atoms with van der Waals surface area (Å²) >= 11 is 0. The van der Waals surface area contributed by atoms with E-state index in [1.54, 1.807) is 6.26 Å². The van der Waals surface area contributed by atoms with Crippen LogP contribution >= 0.6 is 0 Å². The largest absolute Gasteiger partial charge is 0.374 e. The van der Waals surface area contributed by atoms with Crippen LogP contribution in [0.3, 0.4) is 0 Å². The second-order valence-corrected chi connectivity index (χ2v) is 6.88. The van der Waals surface area contributed by atoms with Crippen molar-refractivity contribution in [2.24, 2.45) is 0 Å². The highest BCUT2D eigenvalue weighted by Gasteiger charge is 2.15. The van der Waals surface area contributed by atoms with Crippen LogP contribution in [0, 0.1) is 0 Å². The first-order valence-corrected chi connectivity index (χ1v) is 8.06. The van der Waals surface area contributed by atoms with E-state index in [-0.39, 0.29) is 5.25 Å². The van der Waals surface area contributed by atoms with Gasteiger partial charge in [0.1, 0.15) is 0 Å². The van der Waals surface area contributed by atoms with Gasteiger partial charge in [0, 0.05) is 54.7 Å². The molecule has 0 spiro atoms. The SMILES string of the molecule is CC(CNCc1ccc2c(c1)CCN2C)S(C)=O. The predicted octanol–water partition coefficient (Wildman–Crippen LogP) is 1.54. The molecule has 1 aliphatic rings. The quantitative estimate of drug-likeness (QED) is 0.877. The highest BCUT2D eigenvalue weighted by atomic mass is 32.2. The molecule has 100 valence electrons. The highest BCUT2D eigenvalue weighted by Crippen LogP contribution is 2.27. The maximum atomic E-state index is 11.2. The fraction of sp³-hybridized carbons (Fsp3) is 0.571.